The third-order valence-corrected chi connectivity index (χ3v) is 3.70. The molecular weight excluding hydrogens is 310 g/mol. The van der Waals surface area contributed by atoms with Gasteiger partial charge in [0.2, 0.25) is 5.89 Å². The molecule has 1 amide bonds. The summed E-state index contributed by atoms with van der Waals surface area (Å²) in [7, 11) is 0. The average molecular weight is 331 g/mol. The van der Waals surface area contributed by atoms with Crippen molar-refractivity contribution in [3.05, 3.63) is 47.7 Å². The Morgan fingerprint density at radius 3 is 2.54 bits per heavy atom. The van der Waals surface area contributed by atoms with Gasteiger partial charge in [-0.2, -0.15) is 0 Å². The number of hydrogen-bond donors (Lipinski definition) is 1. The van der Waals surface area contributed by atoms with Crippen LogP contribution >= 0.6 is 0 Å². The number of esters is 1. The van der Waals surface area contributed by atoms with Crippen molar-refractivity contribution in [2.45, 2.75) is 39.8 Å². The van der Waals surface area contributed by atoms with Crippen molar-refractivity contribution in [3.63, 3.8) is 0 Å². The van der Waals surface area contributed by atoms with Gasteiger partial charge >= 0.3 is 5.97 Å². The van der Waals surface area contributed by atoms with E-state index in [1.165, 1.54) is 0 Å². The first-order valence-corrected chi connectivity index (χ1v) is 7.82. The monoisotopic (exact) mass is 331 g/mol. The Morgan fingerprint density at radius 1 is 1.25 bits per heavy atom. The Bertz CT molecular complexity index is 684. The van der Waals surface area contributed by atoms with Crippen LogP contribution in [0.4, 0.5) is 0 Å². The standard InChI is InChI=1S/C17H21N3O4/c1-4-11(2)15(18-16(21)13-8-6-5-7-9-13)17(22)23-10-14-20-19-12(3)24-14/h5-9,11,15H,4,10H2,1-3H3,(H,18,21). The summed E-state index contributed by atoms with van der Waals surface area (Å²) in [4.78, 5) is 24.7. The van der Waals surface area contributed by atoms with Crippen molar-refractivity contribution in [1.29, 1.82) is 0 Å². The largest absolute Gasteiger partial charge is 0.454 e. The van der Waals surface area contributed by atoms with Gasteiger partial charge in [-0.25, -0.2) is 4.79 Å². The third kappa shape index (κ3) is 4.65. The highest BCUT2D eigenvalue weighted by atomic mass is 16.5. The first-order valence-electron chi connectivity index (χ1n) is 7.82. The summed E-state index contributed by atoms with van der Waals surface area (Å²) in [6, 6.07) is 7.99. The molecule has 1 N–H and O–H groups in total. The van der Waals surface area contributed by atoms with Crippen LogP contribution in [0, 0.1) is 12.8 Å². The predicted octanol–water partition coefficient (Wildman–Crippen LogP) is 2.27. The molecule has 128 valence electrons. The molecule has 2 atom stereocenters. The molecular formula is C17H21N3O4. The summed E-state index contributed by atoms with van der Waals surface area (Å²) >= 11 is 0. The number of ether oxygens (including phenoxy) is 1. The number of rotatable bonds is 7. The molecule has 7 nitrogen and oxygen atoms in total. The highest BCUT2D eigenvalue weighted by Crippen LogP contribution is 2.12. The number of carbonyl (C=O) groups excluding carboxylic acids is 2. The van der Waals surface area contributed by atoms with Crippen LogP contribution in [0.25, 0.3) is 0 Å². The highest BCUT2D eigenvalue weighted by Gasteiger charge is 2.28. The third-order valence-electron chi connectivity index (χ3n) is 3.70. The molecule has 0 saturated heterocycles. The molecule has 0 saturated carbocycles. The van der Waals surface area contributed by atoms with Gasteiger partial charge in [0.15, 0.2) is 6.61 Å². The summed E-state index contributed by atoms with van der Waals surface area (Å²) in [6.45, 7) is 5.36. The molecule has 0 aliphatic heterocycles. The van der Waals surface area contributed by atoms with E-state index in [-0.39, 0.29) is 24.3 Å². The van der Waals surface area contributed by atoms with Crippen molar-refractivity contribution in [3.8, 4) is 0 Å². The zero-order valence-corrected chi connectivity index (χ0v) is 14.0. The highest BCUT2D eigenvalue weighted by molar-refractivity contribution is 5.96. The van der Waals surface area contributed by atoms with Crippen molar-refractivity contribution in [1.82, 2.24) is 15.5 Å². The Labute approximate surface area is 140 Å². The fourth-order valence-electron chi connectivity index (χ4n) is 2.10. The lowest BCUT2D eigenvalue weighted by Crippen LogP contribution is -2.45. The number of benzene rings is 1. The number of aromatic nitrogens is 2. The van der Waals surface area contributed by atoms with Crippen molar-refractivity contribution < 1.29 is 18.7 Å². The maximum atomic E-state index is 12.4. The van der Waals surface area contributed by atoms with Gasteiger partial charge < -0.3 is 14.5 Å². The van der Waals surface area contributed by atoms with E-state index in [0.29, 0.717) is 17.9 Å². The van der Waals surface area contributed by atoms with Crippen LogP contribution in [0.5, 0.6) is 0 Å². The zero-order chi connectivity index (χ0) is 17.5. The Morgan fingerprint density at radius 2 is 1.96 bits per heavy atom. The summed E-state index contributed by atoms with van der Waals surface area (Å²) < 4.78 is 10.4. The molecule has 2 rings (SSSR count). The van der Waals surface area contributed by atoms with E-state index in [2.05, 4.69) is 15.5 Å². The zero-order valence-electron chi connectivity index (χ0n) is 14.0. The van der Waals surface area contributed by atoms with Crippen LogP contribution in [0.2, 0.25) is 0 Å². The van der Waals surface area contributed by atoms with Crippen molar-refractivity contribution >= 4 is 11.9 Å². The predicted molar refractivity (Wildman–Crippen MR) is 86.0 cm³/mol. The molecule has 1 aromatic heterocycles. The number of hydrogen-bond acceptors (Lipinski definition) is 6. The molecule has 0 spiro atoms. The van der Waals surface area contributed by atoms with Crippen LogP contribution in [0.15, 0.2) is 34.7 Å². The minimum atomic E-state index is -0.744. The number of nitrogens with one attached hydrogen (secondary N) is 1. The van der Waals surface area contributed by atoms with E-state index in [0.717, 1.165) is 0 Å². The Hall–Kier alpha value is -2.70. The van der Waals surface area contributed by atoms with Gasteiger partial charge in [-0.05, 0) is 18.1 Å². The van der Waals surface area contributed by atoms with E-state index < -0.39 is 12.0 Å². The van der Waals surface area contributed by atoms with Crippen LogP contribution in [-0.4, -0.2) is 28.1 Å². The average Bonchev–Trinajstić information content (AvgIpc) is 3.02. The number of aryl methyl sites for hydroxylation is 1. The lowest BCUT2D eigenvalue weighted by atomic mass is 9.99. The van der Waals surface area contributed by atoms with Crippen molar-refractivity contribution in [2.24, 2.45) is 5.92 Å². The molecule has 2 aromatic rings. The normalized spacial score (nSPS) is 13.1. The quantitative estimate of drug-likeness (QED) is 0.782. The van der Waals surface area contributed by atoms with E-state index in [4.69, 9.17) is 9.15 Å². The topological polar surface area (TPSA) is 94.3 Å². The fourth-order valence-corrected chi connectivity index (χ4v) is 2.10. The van der Waals surface area contributed by atoms with Gasteiger partial charge in [0.25, 0.3) is 11.8 Å². The molecule has 0 aliphatic rings. The van der Waals surface area contributed by atoms with Gasteiger partial charge in [0.1, 0.15) is 6.04 Å². The smallest absolute Gasteiger partial charge is 0.329 e. The minimum Gasteiger partial charge on any atom is -0.454 e. The maximum Gasteiger partial charge on any atom is 0.329 e. The van der Waals surface area contributed by atoms with E-state index in [1.54, 1.807) is 31.2 Å². The van der Waals surface area contributed by atoms with Crippen LogP contribution < -0.4 is 5.32 Å². The Balaban J connectivity index is 2.01. The van der Waals surface area contributed by atoms with E-state index in [9.17, 15) is 9.59 Å². The first-order chi connectivity index (χ1) is 11.5. The lowest BCUT2D eigenvalue weighted by Gasteiger charge is -2.22. The molecule has 1 aromatic carbocycles. The summed E-state index contributed by atoms with van der Waals surface area (Å²) in [5.41, 5.74) is 0.492. The second-order valence-electron chi connectivity index (χ2n) is 5.53. The minimum absolute atomic E-state index is 0.0745. The SMILES string of the molecule is CCC(C)C(NC(=O)c1ccccc1)C(=O)OCc1nnc(C)o1. The van der Waals surface area contributed by atoms with Gasteiger partial charge in [-0.3, -0.25) is 4.79 Å². The second kappa shape index (κ2) is 8.24. The van der Waals surface area contributed by atoms with Gasteiger partial charge in [-0.1, -0.05) is 38.5 Å². The van der Waals surface area contributed by atoms with E-state index in [1.807, 2.05) is 19.9 Å². The molecule has 0 bridgehead atoms. The summed E-state index contributed by atoms with van der Waals surface area (Å²) in [6.07, 6.45) is 0.717. The van der Waals surface area contributed by atoms with Crippen molar-refractivity contribution in [2.75, 3.05) is 0 Å². The number of carbonyl (C=O) groups is 2. The number of nitrogens with zero attached hydrogens (tertiary/aromatic N) is 2. The molecule has 24 heavy (non-hydrogen) atoms. The van der Waals surface area contributed by atoms with Gasteiger partial charge in [0.05, 0.1) is 0 Å². The van der Waals surface area contributed by atoms with Crippen LogP contribution in [0.3, 0.4) is 0 Å². The fraction of sp³-hybridized carbons (Fsp3) is 0.412. The van der Waals surface area contributed by atoms with Crippen LogP contribution in [0.1, 0.15) is 42.4 Å². The lowest BCUT2D eigenvalue weighted by molar-refractivity contribution is -0.149. The molecule has 7 heteroatoms. The summed E-state index contributed by atoms with van der Waals surface area (Å²) in [5, 5.41) is 10.2. The molecule has 0 aliphatic carbocycles. The molecule has 0 fully saturated rings. The maximum absolute atomic E-state index is 12.4. The second-order valence-corrected chi connectivity index (χ2v) is 5.53. The van der Waals surface area contributed by atoms with Gasteiger partial charge in [-0.15, -0.1) is 10.2 Å². The van der Waals surface area contributed by atoms with E-state index >= 15 is 0 Å². The molecule has 2 unspecified atom stereocenters. The molecule has 1 heterocycles. The van der Waals surface area contributed by atoms with Gasteiger partial charge in [0, 0.05) is 12.5 Å². The van der Waals surface area contributed by atoms with Crippen LogP contribution in [-0.2, 0) is 16.1 Å². The Kier molecular flexibility index (Phi) is 6.06. The first kappa shape index (κ1) is 17.7. The number of amides is 1. The summed E-state index contributed by atoms with van der Waals surface area (Å²) in [5.74, 6) is -0.291. The molecule has 0 radical (unpaired) electrons.